The molecule has 0 saturated carbocycles. The Morgan fingerprint density at radius 3 is 2.33 bits per heavy atom. The smallest absolute Gasteiger partial charge is 0.240 e. The van der Waals surface area contributed by atoms with Gasteiger partial charge in [-0.25, -0.2) is 13.1 Å². The van der Waals surface area contributed by atoms with Crippen molar-refractivity contribution in [2.45, 2.75) is 31.7 Å². The molecule has 6 nitrogen and oxygen atoms in total. The quantitative estimate of drug-likeness (QED) is 0.413. The van der Waals surface area contributed by atoms with E-state index in [4.69, 9.17) is 0 Å². The fraction of sp³-hybridized carbons (Fsp3) is 0.500. The maximum Gasteiger partial charge on any atom is 0.240 e. The van der Waals surface area contributed by atoms with Crippen molar-refractivity contribution in [3.63, 3.8) is 0 Å². The molecule has 1 aromatic rings. The average Bonchev–Trinajstić information content (AvgIpc) is 2.42. The van der Waals surface area contributed by atoms with Crippen LogP contribution in [0.4, 0.5) is 0 Å². The van der Waals surface area contributed by atoms with E-state index >= 15 is 0 Å². The lowest BCUT2D eigenvalue weighted by Gasteiger charge is -2.14. The van der Waals surface area contributed by atoms with Gasteiger partial charge >= 0.3 is 0 Å². The third-order valence-electron chi connectivity index (χ3n) is 2.69. The average molecular weight is 312 g/mol. The summed E-state index contributed by atoms with van der Waals surface area (Å²) in [5.74, 6) is 0.652. The number of nitrogens with zero attached hydrogens (tertiary/aromatic N) is 1. The fourth-order valence-corrected chi connectivity index (χ4v) is 2.67. The molecule has 0 saturated heterocycles. The molecule has 0 heterocycles. The first-order valence-corrected chi connectivity index (χ1v) is 8.37. The summed E-state index contributed by atoms with van der Waals surface area (Å²) in [4.78, 5) is 4.32. The molecule has 1 aromatic carbocycles. The Morgan fingerprint density at radius 2 is 1.81 bits per heavy atom. The highest BCUT2D eigenvalue weighted by Gasteiger charge is 2.12. The second-order valence-corrected chi connectivity index (χ2v) is 6.78. The Balaban J connectivity index is 2.46. The molecule has 0 aliphatic carbocycles. The maximum atomic E-state index is 12.1. The molecule has 0 bridgehead atoms. The maximum absolute atomic E-state index is 12.1. The van der Waals surface area contributed by atoms with Crippen molar-refractivity contribution >= 4 is 16.0 Å². The Kier molecular flexibility index (Phi) is 6.64. The van der Waals surface area contributed by atoms with E-state index in [9.17, 15) is 8.42 Å². The van der Waals surface area contributed by atoms with Crippen LogP contribution in [0.25, 0.3) is 0 Å². The molecule has 7 heteroatoms. The van der Waals surface area contributed by atoms with Crippen LogP contribution in [0.15, 0.2) is 34.2 Å². The lowest BCUT2D eigenvalue weighted by molar-refractivity contribution is 0.580. The zero-order valence-corrected chi connectivity index (χ0v) is 13.8. The van der Waals surface area contributed by atoms with Crippen molar-refractivity contribution in [1.29, 1.82) is 0 Å². The predicted octanol–water partition coefficient (Wildman–Crippen LogP) is 0.847. The standard InChI is InChI=1S/C14H24N4O2S/c1-11(2)18-14(15-4)16-9-10-17-21(19,20)13-7-5-12(3)6-8-13/h5-8,11,17H,9-10H2,1-4H3,(H2,15,16,18). The number of guanidine groups is 1. The number of sulfonamides is 1. The highest BCUT2D eigenvalue weighted by molar-refractivity contribution is 7.89. The van der Waals surface area contributed by atoms with Gasteiger partial charge in [-0.1, -0.05) is 17.7 Å². The van der Waals surface area contributed by atoms with E-state index < -0.39 is 10.0 Å². The molecule has 0 amide bonds. The van der Waals surface area contributed by atoms with Gasteiger partial charge < -0.3 is 10.6 Å². The molecule has 0 fully saturated rings. The third kappa shape index (κ3) is 6.14. The van der Waals surface area contributed by atoms with Gasteiger partial charge in [0.2, 0.25) is 10.0 Å². The molecule has 1 rings (SSSR count). The number of benzene rings is 1. The van der Waals surface area contributed by atoms with Gasteiger partial charge in [-0.05, 0) is 32.9 Å². The highest BCUT2D eigenvalue weighted by Crippen LogP contribution is 2.09. The van der Waals surface area contributed by atoms with Crippen molar-refractivity contribution in [2.75, 3.05) is 20.1 Å². The van der Waals surface area contributed by atoms with Gasteiger partial charge in [0, 0.05) is 26.2 Å². The SMILES string of the molecule is CN=C(NCCNS(=O)(=O)c1ccc(C)cc1)NC(C)C. The van der Waals surface area contributed by atoms with Crippen LogP contribution in [-0.2, 0) is 10.0 Å². The van der Waals surface area contributed by atoms with Crippen LogP contribution in [0.1, 0.15) is 19.4 Å². The first kappa shape index (κ1) is 17.5. The van der Waals surface area contributed by atoms with E-state index in [1.807, 2.05) is 20.8 Å². The van der Waals surface area contributed by atoms with Gasteiger partial charge in [-0.2, -0.15) is 0 Å². The van der Waals surface area contributed by atoms with E-state index in [1.54, 1.807) is 31.3 Å². The number of aliphatic imine (C=N–C) groups is 1. The molecule has 0 radical (unpaired) electrons. The van der Waals surface area contributed by atoms with Crippen molar-refractivity contribution in [3.8, 4) is 0 Å². The van der Waals surface area contributed by atoms with E-state index in [1.165, 1.54) is 0 Å². The minimum absolute atomic E-state index is 0.264. The Hall–Kier alpha value is -1.60. The molecular formula is C14H24N4O2S. The lowest BCUT2D eigenvalue weighted by atomic mass is 10.2. The van der Waals surface area contributed by atoms with Gasteiger partial charge in [-0.15, -0.1) is 0 Å². The summed E-state index contributed by atoms with van der Waals surface area (Å²) >= 11 is 0. The monoisotopic (exact) mass is 312 g/mol. The Labute approximate surface area is 127 Å². The zero-order valence-electron chi connectivity index (χ0n) is 13.0. The first-order chi connectivity index (χ1) is 9.85. The van der Waals surface area contributed by atoms with Gasteiger partial charge in [-0.3, -0.25) is 4.99 Å². The second kappa shape index (κ2) is 7.99. The molecule has 0 aliphatic rings. The Bertz CT molecular complexity index is 565. The van der Waals surface area contributed by atoms with Crippen molar-refractivity contribution in [3.05, 3.63) is 29.8 Å². The predicted molar refractivity (Wildman–Crippen MR) is 86.0 cm³/mol. The molecule has 0 aromatic heterocycles. The van der Waals surface area contributed by atoms with E-state index in [0.29, 0.717) is 12.5 Å². The summed E-state index contributed by atoms with van der Waals surface area (Å²) in [6.07, 6.45) is 0. The van der Waals surface area contributed by atoms with Crippen LogP contribution in [0.2, 0.25) is 0 Å². The summed E-state index contributed by atoms with van der Waals surface area (Å²) in [5.41, 5.74) is 1.03. The zero-order chi connectivity index (χ0) is 15.9. The normalized spacial score (nSPS) is 12.5. The number of hydrogen-bond donors (Lipinski definition) is 3. The molecule has 118 valence electrons. The van der Waals surface area contributed by atoms with Gasteiger partial charge in [0.15, 0.2) is 5.96 Å². The summed E-state index contributed by atoms with van der Waals surface area (Å²) < 4.78 is 26.7. The number of nitrogens with one attached hydrogen (secondary N) is 3. The minimum Gasteiger partial charge on any atom is -0.355 e. The summed E-state index contributed by atoms with van der Waals surface area (Å²) in [7, 11) is -1.78. The summed E-state index contributed by atoms with van der Waals surface area (Å²) in [6.45, 7) is 6.67. The van der Waals surface area contributed by atoms with Crippen LogP contribution in [0.5, 0.6) is 0 Å². The largest absolute Gasteiger partial charge is 0.355 e. The molecule has 0 aliphatic heterocycles. The first-order valence-electron chi connectivity index (χ1n) is 6.88. The molecule has 0 unspecified atom stereocenters. The fourth-order valence-electron chi connectivity index (χ4n) is 1.64. The lowest BCUT2D eigenvalue weighted by Crippen LogP contribution is -2.43. The molecule has 21 heavy (non-hydrogen) atoms. The topological polar surface area (TPSA) is 82.6 Å². The highest BCUT2D eigenvalue weighted by atomic mass is 32.2. The van der Waals surface area contributed by atoms with Crippen LogP contribution in [0, 0.1) is 6.92 Å². The van der Waals surface area contributed by atoms with Crippen molar-refractivity contribution in [2.24, 2.45) is 4.99 Å². The van der Waals surface area contributed by atoms with E-state index in [2.05, 4.69) is 20.3 Å². The van der Waals surface area contributed by atoms with Crippen molar-refractivity contribution < 1.29 is 8.42 Å². The molecule has 3 N–H and O–H groups in total. The minimum atomic E-state index is -3.46. The van der Waals surface area contributed by atoms with Crippen LogP contribution in [-0.4, -0.2) is 40.6 Å². The molecular weight excluding hydrogens is 288 g/mol. The third-order valence-corrected chi connectivity index (χ3v) is 4.17. The number of rotatable bonds is 6. The molecule has 0 spiro atoms. The summed E-state index contributed by atoms with van der Waals surface area (Å²) in [6, 6.07) is 7.03. The van der Waals surface area contributed by atoms with Gasteiger partial charge in [0.1, 0.15) is 0 Å². The number of hydrogen-bond acceptors (Lipinski definition) is 3. The molecule has 0 atom stereocenters. The second-order valence-electron chi connectivity index (χ2n) is 5.01. The Morgan fingerprint density at radius 1 is 1.19 bits per heavy atom. The van der Waals surface area contributed by atoms with Crippen molar-refractivity contribution in [1.82, 2.24) is 15.4 Å². The van der Waals surface area contributed by atoms with E-state index in [0.717, 1.165) is 5.56 Å². The van der Waals surface area contributed by atoms with Gasteiger partial charge in [0.25, 0.3) is 0 Å². The van der Waals surface area contributed by atoms with E-state index in [-0.39, 0.29) is 17.5 Å². The van der Waals surface area contributed by atoms with Crippen LogP contribution >= 0.6 is 0 Å². The number of aryl methyl sites for hydroxylation is 1. The van der Waals surface area contributed by atoms with Crippen LogP contribution in [0.3, 0.4) is 0 Å². The van der Waals surface area contributed by atoms with Crippen LogP contribution < -0.4 is 15.4 Å². The summed E-state index contributed by atoms with van der Waals surface area (Å²) in [5, 5.41) is 6.17. The van der Waals surface area contributed by atoms with Gasteiger partial charge in [0.05, 0.1) is 4.90 Å².